The zero-order valence-electron chi connectivity index (χ0n) is 10.5. The molecule has 7 nitrogen and oxygen atoms in total. The summed E-state index contributed by atoms with van der Waals surface area (Å²) in [5, 5.41) is 2.74. The van der Waals surface area contributed by atoms with Gasteiger partial charge in [-0.25, -0.2) is 0 Å². The summed E-state index contributed by atoms with van der Waals surface area (Å²) in [6.07, 6.45) is -1.55. The molecule has 1 aromatic rings. The predicted octanol–water partition coefficient (Wildman–Crippen LogP) is 0.889. The first-order valence-corrected chi connectivity index (χ1v) is 5.50. The van der Waals surface area contributed by atoms with Gasteiger partial charge in [-0.15, -0.1) is 0 Å². The molecule has 1 heterocycles. The topological polar surface area (TPSA) is 83.1 Å². The minimum absolute atomic E-state index is 0.382. The van der Waals surface area contributed by atoms with Crippen molar-refractivity contribution in [2.75, 3.05) is 19.5 Å². The Labute approximate surface area is 109 Å². The lowest BCUT2D eigenvalue weighted by Crippen LogP contribution is -2.37. The third-order valence-corrected chi connectivity index (χ3v) is 2.44. The summed E-state index contributed by atoms with van der Waals surface area (Å²) in [5.41, 5.74) is 0.481. The summed E-state index contributed by atoms with van der Waals surface area (Å²) in [7, 11) is 2.98. The molecule has 0 spiro atoms. The van der Waals surface area contributed by atoms with Crippen LogP contribution in [-0.2, 0) is 19.1 Å². The third-order valence-electron chi connectivity index (χ3n) is 2.44. The number of rotatable bonds is 4. The van der Waals surface area contributed by atoms with Crippen LogP contribution in [0.25, 0.3) is 0 Å². The third kappa shape index (κ3) is 2.87. The van der Waals surface area contributed by atoms with Crippen molar-refractivity contribution in [3.63, 3.8) is 0 Å². The molecule has 0 radical (unpaired) electrons. The van der Waals surface area contributed by atoms with Crippen LogP contribution < -0.4 is 14.8 Å². The van der Waals surface area contributed by atoms with Crippen molar-refractivity contribution >= 4 is 17.6 Å². The van der Waals surface area contributed by atoms with E-state index in [4.69, 9.17) is 18.9 Å². The fraction of sp³-hybridized carbons (Fsp3) is 0.333. The van der Waals surface area contributed by atoms with Gasteiger partial charge in [0.1, 0.15) is 6.42 Å². The van der Waals surface area contributed by atoms with E-state index in [0.29, 0.717) is 17.2 Å². The van der Waals surface area contributed by atoms with Crippen molar-refractivity contribution in [2.24, 2.45) is 0 Å². The maximum absolute atomic E-state index is 11.1. The first-order valence-electron chi connectivity index (χ1n) is 5.50. The molecule has 0 unspecified atom stereocenters. The summed E-state index contributed by atoms with van der Waals surface area (Å²) in [4.78, 5) is 22.3. The van der Waals surface area contributed by atoms with Crippen molar-refractivity contribution < 1.29 is 28.5 Å². The number of cyclic esters (lactones) is 2. The van der Waals surface area contributed by atoms with Crippen LogP contribution in [0.3, 0.4) is 0 Å². The average Bonchev–Trinajstić information content (AvgIpc) is 2.37. The van der Waals surface area contributed by atoms with Crippen LogP contribution in [0, 0.1) is 0 Å². The zero-order chi connectivity index (χ0) is 13.8. The van der Waals surface area contributed by atoms with E-state index in [-0.39, 0.29) is 6.42 Å². The molecule has 1 aromatic carbocycles. The molecule has 0 saturated carbocycles. The lowest BCUT2D eigenvalue weighted by molar-refractivity contribution is -0.197. The van der Waals surface area contributed by atoms with Gasteiger partial charge in [-0.1, -0.05) is 6.07 Å². The monoisotopic (exact) mass is 267 g/mol. The molecule has 0 bridgehead atoms. The average molecular weight is 267 g/mol. The number of methoxy groups -OCH3 is 2. The van der Waals surface area contributed by atoms with E-state index in [0.717, 1.165) is 0 Å². The Morgan fingerprint density at radius 1 is 1.16 bits per heavy atom. The molecule has 7 heteroatoms. The summed E-state index contributed by atoms with van der Waals surface area (Å²) in [6, 6.07) is 5.11. The lowest BCUT2D eigenvalue weighted by Gasteiger charge is -2.24. The molecule has 2 rings (SSSR count). The van der Waals surface area contributed by atoms with Crippen LogP contribution in [0.2, 0.25) is 0 Å². The van der Waals surface area contributed by atoms with Crippen molar-refractivity contribution in [1.29, 1.82) is 0 Å². The normalized spacial score (nSPS) is 15.5. The van der Waals surface area contributed by atoms with Crippen LogP contribution in [-0.4, -0.2) is 32.6 Å². The van der Waals surface area contributed by atoms with E-state index in [2.05, 4.69) is 5.32 Å². The molecular formula is C12H13NO6. The minimum atomic E-state index is -1.17. The maximum Gasteiger partial charge on any atom is 0.329 e. The van der Waals surface area contributed by atoms with Gasteiger partial charge in [0.15, 0.2) is 11.5 Å². The van der Waals surface area contributed by atoms with Crippen LogP contribution in [0.4, 0.5) is 5.69 Å². The van der Waals surface area contributed by atoms with Crippen molar-refractivity contribution in [2.45, 2.75) is 12.8 Å². The molecule has 0 aromatic heterocycles. The van der Waals surface area contributed by atoms with Crippen molar-refractivity contribution in [3.8, 4) is 11.5 Å². The standard InChI is InChI=1S/C12H13NO6/c1-16-8-5-3-4-7(11(8)17-2)13-12-18-9(14)6-10(15)19-12/h3-5,12-13H,6H2,1-2H3. The number of hydrogen-bond acceptors (Lipinski definition) is 7. The van der Waals surface area contributed by atoms with E-state index >= 15 is 0 Å². The Hall–Kier alpha value is -2.44. The number of nitrogens with one attached hydrogen (secondary N) is 1. The summed E-state index contributed by atoms with van der Waals surface area (Å²) in [5.74, 6) is -0.366. The first-order chi connectivity index (χ1) is 9.13. The zero-order valence-corrected chi connectivity index (χ0v) is 10.5. The highest BCUT2D eigenvalue weighted by Gasteiger charge is 2.28. The van der Waals surface area contributed by atoms with Crippen LogP contribution >= 0.6 is 0 Å². The predicted molar refractivity (Wildman–Crippen MR) is 63.8 cm³/mol. The van der Waals surface area contributed by atoms with Gasteiger partial charge in [0.2, 0.25) is 0 Å². The summed E-state index contributed by atoms with van der Waals surface area (Å²) in [6.45, 7) is 0. The van der Waals surface area contributed by atoms with Crippen molar-refractivity contribution in [3.05, 3.63) is 18.2 Å². The molecule has 102 valence electrons. The van der Waals surface area contributed by atoms with Crippen LogP contribution in [0.15, 0.2) is 18.2 Å². The second kappa shape index (κ2) is 5.47. The molecule has 1 N–H and O–H groups in total. The van der Waals surface area contributed by atoms with E-state index in [1.165, 1.54) is 14.2 Å². The molecule has 19 heavy (non-hydrogen) atoms. The number of hydrogen-bond donors (Lipinski definition) is 1. The number of ether oxygens (including phenoxy) is 4. The van der Waals surface area contributed by atoms with Gasteiger partial charge in [-0.3, -0.25) is 9.59 Å². The highest BCUT2D eigenvalue weighted by Crippen LogP contribution is 2.35. The second-order valence-corrected chi connectivity index (χ2v) is 3.67. The molecule has 0 aliphatic carbocycles. The molecule has 1 fully saturated rings. The number of para-hydroxylation sites is 1. The molecule has 1 aliphatic heterocycles. The fourth-order valence-electron chi connectivity index (χ4n) is 1.65. The smallest absolute Gasteiger partial charge is 0.329 e. The van der Waals surface area contributed by atoms with Gasteiger partial charge >= 0.3 is 18.4 Å². The second-order valence-electron chi connectivity index (χ2n) is 3.67. The van der Waals surface area contributed by atoms with Gasteiger partial charge < -0.3 is 24.3 Å². The largest absolute Gasteiger partial charge is 0.493 e. The van der Waals surface area contributed by atoms with E-state index < -0.39 is 18.4 Å². The van der Waals surface area contributed by atoms with Crippen LogP contribution in [0.5, 0.6) is 11.5 Å². The summed E-state index contributed by atoms with van der Waals surface area (Å²) < 4.78 is 20.0. The van der Waals surface area contributed by atoms with E-state index in [1.54, 1.807) is 18.2 Å². The van der Waals surface area contributed by atoms with Gasteiger partial charge in [-0.2, -0.15) is 0 Å². The molecule has 0 atom stereocenters. The minimum Gasteiger partial charge on any atom is -0.493 e. The fourth-order valence-corrected chi connectivity index (χ4v) is 1.65. The quantitative estimate of drug-likeness (QED) is 0.640. The molecular weight excluding hydrogens is 254 g/mol. The number of anilines is 1. The van der Waals surface area contributed by atoms with Gasteiger partial charge in [-0.05, 0) is 12.1 Å². The number of carbonyl (C=O) groups is 2. The van der Waals surface area contributed by atoms with Gasteiger partial charge in [0, 0.05) is 0 Å². The highest BCUT2D eigenvalue weighted by atomic mass is 16.7. The summed E-state index contributed by atoms with van der Waals surface area (Å²) >= 11 is 0. The Bertz CT molecular complexity index is 485. The van der Waals surface area contributed by atoms with E-state index in [9.17, 15) is 9.59 Å². The SMILES string of the molecule is COc1cccc(NC2OC(=O)CC(=O)O2)c1OC. The van der Waals surface area contributed by atoms with E-state index in [1.807, 2.05) is 0 Å². The van der Waals surface area contributed by atoms with Gasteiger partial charge in [0.05, 0.1) is 19.9 Å². The maximum atomic E-state index is 11.1. The highest BCUT2D eigenvalue weighted by molar-refractivity contribution is 5.92. The Morgan fingerprint density at radius 3 is 2.42 bits per heavy atom. The first kappa shape index (κ1) is 13.0. The molecule has 1 saturated heterocycles. The Balaban J connectivity index is 2.18. The number of carbonyl (C=O) groups excluding carboxylic acids is 2. The Morgan fingerprint density at radius 2 is 1.84 bits per heavy atom. The molecule has 0 amide bonds. The molecule has 1 aliphatic rings. The van der Waals surface area contributed by atoms with Crippen molar-refractivity contribution in [1.82, 2.24) is 0 Å². The Kier molecular flexibility index (Phi) is 3.74. The number of benzene rings is 1. The van der Waals surface area contributed by atoms with Crippen LogP contribution in [0.1, 0.15) is 6.42 Å². The lowest BCUT2D eigenvalue weighted by atomic mass is 10.2. The number of esters is 2. The van der Waals surface area contributed by atoms with Gasteiger partial charge in [0.25, 0.3) is 0 Å².